The normalized spacial score (nSPS) is 11.0. The smallest absolute Gasteiger partial charge is 0.335 e. The largest absolute Gasteiger partial charge is 0.478 e. The van der Waals surface area contributed by atoms with Crippen LogP contribution in [-0.4, -0.2) is 20.9 Å². The summed E-state index contributed by atoms with van der Waals surface area (Å²) in [6.07, 6.45) is 0. The van der Waals surface area contributed by atoms with Gasteiger partial charge in [-0.05, 0) is 36.4 Å². The number of aromatic carboxylic acids is 1. The molecule has 8 heteroatoms. The van der Waals surface area contributed by atoms with Gasteiger partial charge in [0.2, 0.25) is 0 Å². The van der Waals surface area contributed by atoms with Crippen LogP contribution >= 0.6 is 0 Å². The van der Waals surface area contributed by atoms with Gasteiger partial charge in [-0.3, -0.25) is 0 Å². The Morgan fingerprint density at radius 3 is 2.29 bits per heavy atom. The zero-order valence-corrected chi connectivity index (χ0v) is 12.5. The summed E-state index contributed by atoms with van der Waals surface area (Å²) in [6.45, 7) is 0. The van der Waals surface area contributed by atoms with Gasteiger partial charge in [-0.2, -0.15) is 5.11 Å². The second kappa shape index (κ2) is 6.21. The average Bonchev–Trinajstić information content (AvgIpc) is 2.88. The molecule has 0 atom stereocenters. The van der Waals surface area contributed by atoms with Gasteiger partial charge in [-0.25, -0.2) is 9.48 Å². The second-order valence-corrected chi connectivity index (χ2v) is 4.92. The summed E-state index contributed by atoms with van der Waals surface area (Å²) in [6, 6.07) is 15.3. The second-order valence-electron chi connectivity index (χ2n) is 4.92. The van der Waals surface area contributed by atoms with Gasteiger partial charge < -0.3 is 16.6 Å². The van der Waals surface area contributed by atoms with E-state index in [0.29, 0.717) is 5.69 Å². The van der Waals surface area contributed by atoms with Crippen LogP contribution in [0.25, 0.3) is 5.69 Å². The van der Waals surface area contributed by atoms with Crippen LogP contribution in [-0.2, 0) is 0 Å². The number of aromatic nitrogens is 2. The number of carboxylic acid groups (broad SMARTS) is 1. The highest BCUT2D eigenvalue weighted by molar-refractivity contribution is 5.87. The molecule has 120 valence electrons. The van der Waals surface area contributed by atoms with E-state index in [4.69, 9.17) is 16.6 Å². The lowest BCUT2D eigenvalue weighted by Gasteiger charge is -2.02. The number of nitrogen functional groups attached to an aromatic ring is 2. The lowest BCUT2D eigenvalue weighted by atomic mass is 10.2. The molecule has 1 heterocycles. The molecule has 0 aliphatic rings. The predicted molar refractivity (Wildman–Crippen MR) is 90.0 cm³/mol. The maximum Gasteiger partial charge on any atom is 0.335 e. The molecule has 3 aromatic rings. The van der Waals surface area contributed by atoms with Crippen LogP contribution < -0.4 is 11.5 Å². The molecule has 5 N–H and O–H groups in total. The van der Waals surface area contributed by atoms with Gasteiger partial charge in [-0.1, -0.05) is 18.2 Å². The van der Waals surface area contributed by atoms with Gasteiger partial charge in [0.25, 0.3) is 0 Å². The van der Waals surface area contributed by atoms with E-state index in [2.05, 4.69) is 15.3 Å². The maximum absolute atomic E-state index is 10.8. The SMILES string of the molecule is Nc1nn(-c2ccccc2)c(N)c1N=Nc1ccc(C(=O)O)cc1. The van der Waals surface area contributed by atoms with E-state index in [1.165, 1.54) is 16.8 Å². The average molecular weight is 322 g/mol. The Kier molecular flexibility index (Phi) is 3.94. The van der Waals surface area contributed by atoms with Crippen molar-refractivity contribution in [2.24, 2.45) is 10.2 Å². The van der Waals surface area contributed by atoms with Crippen molar-refractivity contribution in [3.63, 3.8) is 0 Å². The number of hydrogen-bond donors (Lipinski definition) is 3. The minimum atomic E-state index is -1.00. The van der Waals surface area contributed by atoms with Crippen LogP contribution in [0.1, 0.15) is 10.4 Å². The number of anilines is 2. The van der Waals surface area contributed by atoms with Crippen LogP contribution in [0.4, 0.5) is 23.0 Å². The summed E-state index contributed by atoms with van der Waals surface area (Å²) >= 11 is 0. The Balaban J connectivity index is 1.90. The Morgan fingerprint density at radius 1 is 1.00 bits per heavy atom. The lowest BCUT2D eigenvalue weighted by Crippen LogP contribution is -2.01. The van der Waals surface area contributed by atoms with Crippen molar-refractivity contribution in [3.05, 3.63) is 60.2 Å². The molecule has 0 unspecified atom stereocenters. The van der Waals surface area contributed by atoms with E-state index in [0.717, 1.165) is 5.69 Å². The Bertz CT molecular complexity index is 900. The fourth-order valence-electron chi connectivity index (χ4n) is 2.09. The number of para-hydroxylation sites is 1. The minimum Gasteiger partial charge on any atom is -0.478 e. The molecule has 0 amide bonds. The molecule has 0 aliphatic heterocycles. The highest BCUT2D eigenvalue weighted by Gasteiger charge is 2.14. The molecule has 0 aliphatic carbocycles. The molecule has 24 heavy (non-hydrogen) atoms. The summed E-state index contributed by atoms with van der Waals surface area (Å²) in [7, 11) is 0. The summed E-state index contributed by atoms with van der Waals surface area (Å²) in [4.78, 5) is 10.8. The molecular formula is C16H14N6O2. The summed E-state index contributed by atoms with van der Waals surface area (Å²) in [5.74, 6) is -0.581. The molecule has 0 fully saturated rings. The van der Waals surface area contributed by atoms with Gasteiger partial charge in [0.15, 0.2) is 17.3 Å². The molecule has 0 spiro atoms. The zero-order chi connectivity index (χ0) is 17.1. The van der Waals surface area contributed by atoms with Crippen molar-refractivity contribution < 1.29 is 9.90 Å². The van der Waals surface area contributed by atoms with E-state index in [9.17, 15) is 4.79 Å². The number of carbonyl (C=O) groups is 1. The fraction of sp³-hybridized carbons (Fsp3) is 0. The zero-order valence-electron chi connectivity index (χ0n) is 12.5. The number of nitrogens with zero attached hydrogens (tertiary/aromatic N) is 4. The highest BCUT2D eigenvalue weighted by Crippen LogP contribution is 2.32. The summed E-state index contributed by atoms with van der Waals surface area (Å²) in [5.41, 5.74) is 13.6. The fourth-order valence-corrected chi connectivity index (χ4v) is 2.09. The first-order chi connectivity index (χ1) is 11.6. The first-order valence-corrected chi connectivity index (χ1v) is 7.01. The number of carboxylic acids is 1. The van der Waals surface area contributed by atoms with E-state index in [1.54, 1.807) is 12.1 Å². The first-order valence-electron chi connectivity index (χ1n) is 7.01. The van der Waals surface area contributed by atoms with Crippen molar-refractivity contribution in [1.82, 2.24) is 9.78 Å². The third-order valence-electron chi connectivity index (χ3n) is 3.30. The van der Waals surface area contributed by atoms with Crippen molar-refractivity contribution in [2.45, 2.75) is 0 Å². The molecule has 2 aromatic carbocycles. The first kappa shape index (κ1) is 15.2. The molecule has 1 aromatic heterocycles. The molecule has 8 nitrogen and oxygen atoms in total. The topological polar surface area (TPSA) is 132 Å². The quantitative estimate of drug-likeness (QED) is 0.635. The Labute approximate surface area is 137 Å². The van der Waals surface area contributed by atoms with E-state index < -0.39 is 5.97 Å². The van der Waals surface area contributed by atoms with Crippen LogP contribution in [0.3, 0.4) is 0 Å². The minimum absolute atomic E-state index is 0.155. The molecule has 0 saturated heterocycles. The number of rotatable bonds is 4. The van der Waals surface area contributed by atoms with Gasteiger partial charge in [-0.15, -0.1) is 10.2 Å². The van der Waals surface area contributed by atoms with E-state index in [1.807, 2.05) is 30.3 Å². The number of hydrogen-bond acceptors (Lipinski definition) is 6. The number of nitrogens with two attached hydrogens (primary N) is 2. The Hall–Kier alpha value is -3.68. The number of benzene rings is 2. The highest BCUT2D eigenvalue weighted by atomic mass is 16.4. The third kappa shape index (κ3) is 2.93. The standard InChI is InChI=1S/C16H14N6O2/c17-14-13(15(18)22(21-14)12-4-2-1-3-5-12)20-19-11-8-6-10(7-9-11)16(23)24/h1-9H,18H2,(H2,17,21)(H,23,24). The van der Waals surface area contributed by atoms with Crippen LogP contribution in [0.15, 0.2) is 64.8 Å². The molecule has 0 bridgehead atoms. The third-order valence-corrected chi connectivity index (χ3v) is 3.30. The molecular weight excluding hydrogens is 308 g/mol. The number of azo groups is 1. The van der Waals surface area contributed by atoms with Crippen molar-refractivity contribution >= 4 is 29.0 Å². The van der Waals surface area contributed by atoms with Crippen molar-refractivity contribution in [3.8, 4) is 5.69 Å². The molecule has 0 radical (unpaired) electrons. The van der Waals surface area contributed by atoms with Crippen molar-refractivity contribution in [1.29, 1.82) is 0 Å². The lowest BCUT2D eigenvalue weighted by molar-refractivity contribution is 0.0697. The monoisotopic (exact) mass is 322 g/mol. The molecule has 0 saturated carbocycles. The Morgan fingerprint density at radius 2 is 1.67 bits per heavy atom. The van der Waals surface area contributed by atoms with Crippen LogP contribution in [0, 0.1) is 0 Å². The maximum atomic E-state index is 10.8. The predicted octanol–water partition coefficient (Wildman–Crippen LogP) is 3.15. The van der Waals surface area contributed by atoms with Gasteiger partial charge in [0.1, 0.15) is 0 Å². The summed E-state index contributed by atoms with van der Waals surface area (Å²) < 4.78 is 1.48. The molecule has 3 rings (SSSR count). The van der Waals surface area contributed by atoms with Crippen molar-refractivity contribution in [2.75, 3.05) is 11.5 Å². The van der Waals surface area contributed by atoms with E-state index >= 15 is 0 Å². The van der Waals surface area contributed by atoms with Crippen LogP contribution in [0.5, 0.6) is 0 Å². The van der Waals surface area contributed by atoms with Gasteiger partial charge in [0, 0.05) is 0 Å². The van der Waals surface area contributed by atoms with Crippen LogP contribution in [0.2, 0.25) is 0 Å². The van der Waals surface area contributed by atoms with Gasteiger partial charge in [0.05, 0.1) is 16.9 Å². The van der Waals surface area contributed by atoms with Gasteiger partial charge >= 0.3 is 5.97 Å². The van der Waals surface area contributed by atoms with E-state index in [-0.39, 0.29) is 22.9 Å². The summed E-state index contributed by atoms with van der Waals surface area (Å²) in [5, 5.41) is 21.1.